The minimum absolute atomic E-state index is 0.627. The molecule has 3 aromatic rings. The fraction of sp³-hybridized carbons (Fsp3) is 0. The van der Waals surface area contributed by atoms with Crippen LogP contribution >= 0.6 is 15.9 Å². The van der Waals surface area contributed by atoms with Crippen molar-refractivity contribution >= 4 is 38.1 Å². The third kappa shape index (κ3) is 2.66. The van der Waals surface area contributed by atoms with E-state index in [2.05, 4.69) is 51.6 Å². The first kappa shape index (κ1) is 12.7. The fourth-order valence-electron chi connectivity index (χ4n) is 2.16. The number of halogens is 1. The number of rotatable bonds is 2. The highest BCUT2D eigenvalue weighted by atomic mass is 79.9. The molecule has 0 saturated heterocycles. The standard InChI is InChI=1S/C17H11BrN2/c18-15-7-12(11-19)8-17(10-15)20-16-6-5-13-3-1-2-4-14(13)9-16/h1-10,20H. The summed E-state index contributed by atoms with van der Waals surface area (Å²) >= 11 is 3.42. The molecule has 0 unspecified atom stereocenters. The molecule has 20 heavy (non-hydrogen) atoms. The van der Waals surface area contributed by atoms with Gasteiger partial charge in [0.05, 0.1) is 11.6 Å². The molecule has 0 radical (unpaired) electrons. The molecule has 0 atom stereocenters. The van der Waals surface area contributed by atoms with E-state index in [9.17, 15) is 0 Å². The van der Waals surface area contributed by atoms with Gasteiger partial charge in [0.25, 0.3) is 0 Å². The maximum absolute atomic E-state index is 9.00. The van der Waals surface area contributed by atoms with Gasteiger partial charge in [-0.2, -0.15) is 5.26 Å². The third-order valence-electron chi connectivity index (χ3n) is 3.07. The highest BCUT2D eigenvalue weighted by Gasteiger charge is 2.01. The fourth-order valence-corrected chi connectivity index (χ4v) is 2.65. The molecule has 3 aromatic carbocycles. The zero-order chi connectivity index (χ0) is 13.9. The Kier molecular flexibility index (Phi) is 3.41. The summed E-state index contributed by atoms with van der Waals surface area (Å²) in [4.78, 5) is 0. The van der Waals surface area contributed by atoms with E-state index in [1.807, 2.05) is 30.3 Å². The van der Waals surface area contributed by atoms with E-state index in [4.69, 9.17) is 5.26 Å². The Labute approximate surface area is 125 Å². The van der Waals surface area contributed by atoms with Crippen molar-refractivity contribution in [1.82, 2.24) is 0 Å². The summed E-state index contributed by atoms with van der Waals surface area (Å²) in [6.45, 7) is 0. The summed E-state index contributed by atoms with van der Waals surface area (Å²) in [6.07, 6.45) is 0. The lowest BCUT2D eigenvalue weighted by Gasteiger charge is -2.08. The summed E-state index contributed by atoms with van der Waals surface area (Å²) in [5, 5.41) is 14.7. The quantitative estimate of drug-likeness (QED) is 0.702. The molecular weight excluding hydrogens is 312 g/mol. The van der Waals surface area contributed by atoms with Crippen LogP contribution in [0.15, 0.2) is 65.1 Å². The van der Waals surface area contributed by atoms with Crippen LogP contribution in [0.4, 0.5) is 11.4 Å². The summed E-state index contributed by atoms with van der Waals surface area (Å²) in [7, 11) is 0. The number of nitriles is 1. The first-order valence-electron chi connectivity index (χ1n) is 6.21. The second-order valence-corrected chi connectivity index (χ2v) is 5.44. The van der Waals surface area contributed by atoms with E-state index in [0.29, 0.717) is 5.56 Å². The van der Waals surface area contributed by atoms with Crippen molar-refractivity contribution in [3.8, 4) is 6.07 Å². The van der Waals surface area contributed by atoms with Gasteiger partial charge in [-0.1, -0.05) is 46.3 Å². The van der Waals surface area contributed by atoms with Gasteiger partial charge in [-0.3, -0.25) is 0 Å². The van der Waals surface area contributed by atoms with Gasteiger partial charge in [0.15, 0.2) is 0 Å². The second kappa shape index (κ2) is 5.36. The van der Waals surface area contributed by atoms with Crippen LogP contribution in [-0.2, 0) is 0 Å². The van der Waals surface area contributed by atoms with Crippen molar-refractivity contribution in [2.24, 2.45) is 0 Å². The maximum Gasteiger partial charge on any atom is 0.0992 e. The minimum atomic E-state index is 0.627. The Balaban J connectivity index is 1.97. The minimum Gasteiger partial charge on any atom is -0.355 e. The normalized spacial score (nSPS) is 10.2. The second-order valence-electron chi connectivity index (χ2n) is 4.53. The molecule has 96 valence electrons. The summed E-state index contributed by atoms with van der Waals surface area (Å²) in [5.41, 5.74) is 2.53. The monoisotopic (exact) mass is 322 g/mol. The number of fused-ring (bicyclic) bond motifs is 1. The van der Waals surface area contributed by atoms with Crippen molar-refractivity contribution in [2.45, 2.75) is 0 Å². The van der Waals surface area contributed by atoms with Crippen LogP contribution in [0, 0.1) is 11.3 Å². The molecule has 0 saturated carbocycles. The smallest absolute Gasteiger partial charge is 0.0992 e. The molecular formula is C17H11BrN2. The van der Waals surface area contributed by atoms with E-state index in [0.717, 1.165) is 15.8 Å². The number of hydrogen-bond acceptors (Lipinski definition) is 2. The lowest BCUT2D eigenvalue weighted by atomic mass is 10.1. The molecule has 0 amide bonds. The zero-order valence-electron chi connectivity index (χ0n) is 10.6. The molecule has 2 nitrogen and oxygen atoms in total. The number of nitrogens with zero attached hydrogens (tertiary/aromatic N) is 1. The zero-order valence-corrected chi connectivity index (χ0v) is 12.2. The summed E-state index contributed by atoms with van der Waals surface area (Å²) < 4.78 is 0.889. The molecule has 3 rings (SSSR count). The highest BCUT2D eigenvalue weighted by Crippen LogP contribution is 2.25. The number of anilines is 2. The van der Waals surface area contributed by atoms with E-state index >= 15 is 0 Å². The Morgan fingerprint density at radius 1 is 0.850 bits per heavy atom. The van der Waals surface area contributed by atoms with Crippen LogP contribution in [0.5, 0.6) is 0 Å². The van der Waals surface area contributed by atoms with Crippen molar-refractivity contribution in [3.05, 3.63) is 70.7 Å². The Bertz CT molecular complexity index is 819. The first-order chi connectivity index (χ1) is 9.74. The Morgan fingerprint density at radius 3 is 2.45 bits per heavy atom. The van der Waals surface area contributed by atoms with Gasteiger partial charge < -0.3 is 5.32 Å². The molecule has 0 spiro atoms. The highest BCUT2D eigenvalue weighted by molar-refractivity contribution is 9.10. The lowest BCUT2D eigenvalue weighted by molar-refractivity contribution is 1.46. The average molecular weight is 323 g/mol. The molecule has 0 aromatic heterocycles. The van der Waals surface area contributed by atoms with Crippen LogP contribution in [-0.4, -0.2) is 0 Å². The molecule has 0 bridgehead atoms. The molecule has 0 fully saturated rings. The van der Waals surface area contributed by atoms with Gasteiger partial charge in [0.2, 0.25) is 0 Å². The van der Waals surface area contributed by atoms with Crippen molar-refractivity contribution in [1.29, 1.82) is 5.26 Å². The van der Waals surface area contributed by atoms with Gasteiger partial charge in [-0.25, -0.2) is 0 Å². The summed E-state index contributed by atoms with van der Waals surface area (Å²) in [6, 6.07) is 22.2. The Hall–Kier alpha value is -2.31. The van der Waals surface area contributed by atoms with E-state index in [1.165, 1.54) is 10.8 Å². The van der Waals surface area contributed by atoms with Gasteiger partial charge in [-0.15, -0.1) is 0 Å². The topological polar surface area (TPSA) is 35.8 Å². The predicted octanol–water partition coefficient (Wildman–Crippen LogP) is 5.22. The van der Waals surface area contributed by atoms with Gasteiger partial charge in [0.1, 0.15) is 0 Å². The number of benzene rings is 3. The maximum atomic E-state index is 9.00. The van der Waals surface area contributed by atoms with Crippen LogP contribution in [0.2, 0.25) is 0 Å². The summed E-state index contributed by atoms with van der Waals surface area (Å²) in [5.74, 6) is 0. The van der Waals surface area contributed by atoms with Gasteiger partial charge in [-0.05, 0) is 41.1 Å². The third-order valence-corrected chi connectivity index (χ3v) is 3.52. The molecule has 3 heteroatoms. The first-order valence-corrected chi connectivity index (χ1v) is 7.00. The van der Waals surface area contributed by atoms with Crippen LogP contribution in [0.1, 0.15) is 5.56 Å². The Morgan fingerprint density at radius 2 is 1.65 bits per heavy atom. The SMILES string of the molecule is N#Cc1cc(Br)cc(Nc2ccc3ccccc3c2)c1. The van der Waals surface area contributed by atoms with Gasteiger partial charge in [0, 0.05) is 15.8 Å². The largest absolute Gasteiger partial charge is 0.355 e. The van der Waals surface area contributed by atoms with Crippen LogP contribution < -0.4 is 5.32 Å². The number of nitrogens with one attached hydrogen (secondary N) is 1. The molecule has 0 aliphatic heterocycles. The van der Waals surface area contributed by atoms with E-state index in [-0.39, 0.29) is 0 Å². The predicted molar refractivity (Wildman–Crippen MR) is 86.1 cm³/mol. The molecule has 1 N–H and O–H groups in total. The molecule has 0 aliphatic rings. The van der Waals surface area contributed by atoms with Crippen LogP contribution in [0.25, 0.3) is 10.8 Å². The van der Waals surface area contributed by atoms with E-state index in [1.54, 1.807) is 6.07 Å². The van der Waals surface area contributed by atoms with Crippen molar-refractivity contribution < 1.29 is 0 Å². The van der Waals surface area contributed by atoms with Crippen LogP contribution in [0.3, 0.4) is 0 Å². The molecule has 0 heterocycles. The van der Waals surface area contributed by atoms with Gasteiger partial charge >= 0.3 is 0 Å². The molecule has 0 aliphatic carbocycles. The van der Waals surface area contributed by atoms with E-state index < -0.39 is 0 Å². The lowest BCUT2D eigenvalue weighted by Crippen LogP contribution is -1.91. The number of hydrogen-bond donors (Lipinski definition) is 1. The van der Waals surface area contributed by atoms with Crippen molar-refractivity contribution in [2.75, 3.05) is 5.32 Å². The van der Waals surface area contributed by atoms with Crippen molar-refractivity contribution in [3.63, 3.8) is 0 Å². The average Bonchev–Trinajstić information content (AvgIpc) is 2.46.